The fourth-order valence-electron chi connectivity index (χ4n) is 3.56. The Balaban J connectivity index is 1.48. The van der Waals surface area contributed by atoms with Gasteiger partial charge in [-0.1, -0.05) is 29.6 Å². The van der Waals surface area contributed by atoms with Gasteiger partial charge in [0.2, 0.25) is 0 Å². The third kappa shape index (κ3) is 4.39. The van der Waals surface area contributed by atoms with Crippen LogP contribution < -0.4 is 9.62 Å². The van der Waals surface area contributed by atoms with Gasteiger partial charge in [-0.05, 0) is 44.9 Å². The van der Waals surface area contributed by atoms with E-state index in [1.54, 1.807) is 29.2 Å². The van der Waals surface area contributed by atoms with E-state index in [0.29, 0.717) is 23.5 Å². The molecule has 0 saturated heterocycles. The van der Waals surface area contributed by atoms with E-state index in [1.807, 2.05) is 43.5 Å². The lowest BCUT2D eigenvalue weighted by atomic mass is 9.86. The zero-order valence-corrected chi connectivity index (χ0v) is 19.0. The van der Waals surface area contributed by atoms with Crippen LogP contribution in [0.2, 0.25) is 0 Å². The average Bonchev–Trinajstić information content (AvgIpc) is 3.13. The van der Waals surface area contributed by atoms with Gasteiger partial charge in [0.15, 0.2) is 16.6 Å². The number of aryl methyl sites for hydroxylation is 1. The molecule has 2 heterocycles. The maximum absolute atomic E-state index is 13.1. The normalized spacial score (nSPS) is 20.7. The quantitative estimate of drug-likeness (QED) is 0.516. The number of benzene rings is 1. The summed E-state index contributed by atoms with van der Waals surface area (Å²) in [5.41, 5.74) is 1.81. The molecule has 1 aliphatic carbocycles. The van der Waals surface area contributed by atoms with Crippen molar-refractivity contribution in [2.75, 3.05) is 17.7 Å². The molecule has 0 amide bonds. The van der Waals surface area contributed by atoms with Gasteiger partial charge in [-0.3, -0.25) is 4.72 Å². The van der Waals surface area contributed by atoms with Crippen LogP contribution in [0.3, 0.4) is 0 Å². The highest BCUT2D eigenvalue weighted by molar-refractivity contribution is 7.97. The zero-order valence-electron chi connectivity index (χ0n) is 17.4. The molecule has 0 aliphatic heterocycles. The molecule has 160 valence electrons. The molecule has 9 heteroatoms. The van der Waals surface area contributed by atoms with Gasteiger partial charge in [-0.25, -0.2) is 18.1 Å². The van der Waals surface area contributed by atoms with Gasteiger partial charge >= 0.3 is 0 Å². The summed E-state index contributed by atoms with van der Waals surface area (Å²) in [7, 11) is 0.698. The molecule has 3 aromatic rings. The van der Waals surface area contributed by atoms with Crippen LogP contribution in [0.5, 0.6) is 0 Å². The highest BCUT2D eigenvalue weighted by Crippen LogP contribution is 2.32. The SMILES string of the molecule is Cc1ccc(S(=O)n2ccc3c(N(C)C4CC(NSCC(C)O)C4)ncnc32)cc1. The van der Waals surface area contributed by atoms with Crippen LogP contribution in [0, 0.1) is 6.92 Å². The first kappa shape index (κ1) is 21.3. The highest BCUT2D eigenvalue weighted by Gasteiger charge is 2.33. The van der Waals surface area contributed by atoms with Crippen molar-refractivity contribution in [3.05, 3.63) is 48.4 Å². The maximum atomic E-state index is 13.1. The van der Waals surface area contributed by atoms with Crippen molar-refractivity contribution in [1.29, 1.82) is 0 Å². The van der Waals surface area contributed by atoms with Crippen molar-refractivity contribution in [2.45, 2.75) is 49.8 Å². The second kappa shape index (κ2) is 9.05. The Hall–Kier alpha value is -1.94. The highest BCUT2D eigenvalue weighted by atomic mass is 32.2. The summed E-state index contributed by atoms with van der Waals surface area (Å²) >= 11 is 1.58. The first-order valence-corrected chi connectivity index (χ1v) is 12.1. The molecule has 1 fully saturated rings. The molecule has 4 rings (SSSR count). The van der Waals surface area contributed by atoms with E-state index < -0.39 is 11.0 Å². The van der Waals surface area contributed by atoms with Crippen LogP contribution in [-0.2, 0) is 11.0 Å². The number of nitrogens with one attached hydrogen (secondary N) is 1. The van der Waals surface area contributed by atoms with Crippen LogP contribution >= 0.6 is 11.9 Å². The Morgan fingerprint density at radius 2 is 2.03 bits per heavy atom. The van der Waals surface area contributed by atoms with E-state index in [-0.39, 0.29) is 6.10 Å². The second-order valence-corrected chi connectivity index (χ2v) is 10.1. The van der Waals surface area contributed by atoms with E-state index in [2.05, 4.69) is 26.6 Å². The molecule has 2 atom stereocenters. The third-order valence-corrected chi connectivity index (χ3v) is 7.87. The molecule has 2 N–H and O–H groups in total. The van der Waals surface area contributed by atoms with E-state index in [9.17, 15) is 9.32 Å². The standard InChI is InChI=1S/C21H27N5O2S2/c1-14-4-6-18(7-5-14)30(28)26-9-8-19-20(22-13-23-21(19)26)25(3)17-10-16(11-17)24-29-12-15(2)27/h4-9,13,15-17,24,27H,10-12H2,1-3H3. The van der Waals surface area contributed by atoms with E-state index in [4.69, 9.17) is 0 Å². The Labute approximate surface area is 183 Å². The average molecular weight is 446 g/mol. The van der Waals surface area contributed by atoms with Crippen LogP contribution in [0.4, 0.5) is 5.82 Å². The Morgan fingerprint density at radius 1 is 1.30 bits per heavy atom. The van der Waals surface area contributed by atoms with Gasteiger partial charge in [0, 0.05) is 31.1 Å². The lowest BCUT2D eigenvalue weighted by molar-refractivity contribution is 0.220. The van der Waals surface area contributed by atoms with Gasteiger partial charge in [0.25, 0.3) is 0 Å². The molecule has 2 aromatic heterocycles. The van der Waals surface area contributed by atoms with Crippen LogP contribution in [0.15, 0.2) is 47.8 Å². The lowest BCUT2D eigenvalue weighted by Crippen LogP contribution is -2.50. The van der Waals surface area contributed by atoms with Crippen LogP contribution in [0.1, 0.15) is 25.3 Å². The van der Waals surface area contributed by atoms with Crippen LogP contribution in [0.25, 0.3) is 11.0 Å². The van der Waals surface area contributed by atoms with Crippen molar-refractivity contribution in [2.24, 2.45) is 0 Å². The summed E-state index contributed by atoms with van der Waals surface area (Å²) in [5.74, 6) is 1.55. The maximum Gasteiger partial charge on any atom is 0.158 e. The van der Waals surface area contributed by atoms with Gasteiger partial charge in [0.05, 0.1) is 16.4 Å². The lowest BCUT2D eigenvalue weighted by Gasteiger charge is -2.42. The predicted octanol–water partition coefficient (Wildman–Crippen LogP) is 2.90. The molecule has 2 unspecified atom stereocenters. The third-order valence-electron chi connectivity index (χ3n) is 5.40. The van der Waals surface area contributed by atoms with E-state index >= 15 is 0 Å². The van der Waals surface area contributed by atoms with Gasteiger partial charge in [-0.15, -0.1) is 0 Å². The van der Waals surface area contributed by atoms with Crippen molar-refractivity contribution < 1.29 is 9.32 Å². The summed E-state index contributed by atoms with van der Waals surface area (Å²) in [5, 5.41) is 10.3. The number of nitrogens with zero attached hydrogens (tertiary/aromatic N) is 4. The minimum Gasteiger partial charge on any atom is -0.393 e. The van der Waals surface area contributed by atoms with Crippen molar-refractivity contribution in [3.8, 4) is 0 Å². The largest absolute Gasteiger partial charge is 0.393 e. The molecular weight excluding hydrogens is 418 g/mol. The minimum atomic E-state index is -1.36. The topological polar surface area (TPSA) is 83.3 Å². The number of aromatic nitrogens is 3. The molecular formula is C21H27N5O2S2. The van der Waals surface area contributed by atoms with Crippen molar-refractivity contribution >= 4 is 39.8 Å². The molecule has 0 bridgehead atoms. The van der Waals surface area contributed by atoms with Crippen LogP contribution in [-0.4, -0.2) is 54.2 Å². The van der Waals surface area contributed by atoms with E-state index in [0.717, 1.165) is 34.5 Å². The Morgan fingerprint density at radius 3 is 2.73 bits per heavy atom. The fourth-order valence-corrected chi connectivity index (χ4v) is 5.39. The number of aliphatic hydroxyl groups is 1. The number of hydrogen-bond donors (Lipinski definition) is 2. The van der Waals surface area contributed by atoms with Gasteiger partial charge < -0.3 is 10.0 Å². The number of anilines is 1. The van der Waals surface area contributed by atoms with Crippen molar-refractivity contribution in [1.82, 2.24) is 18.7 Å². The van der Waals surface area contributed by atoms with Gasteiger partial charge in [-0.2, -0.15) is 0 Å². The summed E-state index contributed by atoms with van der Waals surface area (Å²) < 4.78 is 18.2. The monoisotopic (exact) mass is 445 g/mol. The summed E-state index contributed by atoms with van der Waals surface area (Å²) in [6, 6.07) is 10.5. The number of hydrogen-bond acceptors (Lipinski definition) is 7. The zero-order chi connectivity index (χ0) is 21.3. The Kier molecular flexibility index (Phi) is 6.43. The minimum absolute atomic E-state index is 0.301. The first-order valence-electron chi connectivity index (χ1n) is 10.0. The molecule has 30 heavy (non-hydrogen) atoms. The number of rotatable bonds is 8. The molecule has 1 aromatic carbocycles. The fraction of sp³-hybridized carbons (Fsp3) is 0.429. The smallest absolute Gasteiger partial charge is 0.158 e. The Bertz CT molecular complexity index is 1030. The molecule has 7 nitrogen and oxygen atoms in total. The summed E-state index contributed by atoms with van der Waals surface area (Å²) in [6.07, 6.45) is 5.11. The van der Waals surface area contributed by atoms with Gasteiger partial charge in [0.1, 0.15) is 12.1 Å². The second-order valence-electron chi connectivity index (χ2n) is 7.85. The number of fused-ring (bicyclic) bond motifs is 1. The molecule has 1 aliphatic rings. The molecule has 0 spiro atoms. The summed E-state index contributed by atoms with van der Waals surface area (Å²) in [4.78, 5) is 11.9. The number of aliphatic hydroxyl groups excluding tert-OH is 1. The van der Waals surface area contributed by atoms with Crippen molar-refractivity contribution in [3.63, 3.8) is 0 Å². The predicted molar refractivity (Wildman–Crippen MR) is 123 cm³/mol. The summed E-state index contributed by atoms with van der Waals surface area (Å²) in [6.45, 7) is 3.81. The first-order chi connectivity index (χ1) is 14.4. The van der Waals surface area contributed by atoms with E-state index in [1.165, 1.54) is 0 Å². The molecule has 0 radical (unpaired) electrons. The molecule has 1 saturated carbocycles.